The van der Waals surface area contributed by atoms with E-state index in [0.717, 1.165) is 18.1 Å². The molecule has 0 bridgehead atoms. The van der Waals surface area contributed by atoms with Gasteiger partial charge in [0.2, 0.25) is 5.79 Å². The first-order valence-corrected chi connectivity index (χ1v) is 11.1. The van der Waals surface area contributed by atoms with Crippen molar-refractivity contribution in [3.8, 4) is 0 Å². The molecule has 0 fully saturated rings. The van der Waals surface area contributed by atoms with Gasteiger partial charge in [-0.15, -0.1) is 0 Å². The van der Waals surface area contributed by atoms with Crippen molar-refractivity contribution in [1.29, 1.82) is 0 Å². The number of hydrogen-bond donors (Lipinski definition) is 0. The average Bonchev–Trinajstić information content (AvgIpc) is 2.51. The molecule has 0 saturated heterocycles. The van der Waals surface area contributed by atoms with Crippen molar-refractivity contribution in [3.63, 3.8) is 0 Å². The van der Waals surface area contributed by atoms with E-state index in [-0.39, 0.29) is 12.0 Å². The monoisotopic (exact) mass is 343 g/mol. The van der Waals surface area contributed by atoms with Crippen molar-refractivity contribution in [1.82, 2.24) is 4.90 Å². The molecule has 5 nitrogen and oxygen atoms in total. The smallest absolute Gasteiger partial charge is 0.255 e. The van der Waals surface area contributed by atoms with Gasteiger partial charge in [0.25, 0.3) is 5.91 Å². The van der Waals surface area contributed by atoms with Crippen LogP contribution in [-0.2, 0) is 18.7 Å². The van der Waals surface area contributed by atoms with E-state index in [1.165, 1.54) is 0 Å². The second kappa shape index (κ2) is 8.31. The second-order valence-corrected chi connectivity index (χ2v) is 11.6. The van der Waals surface area contributed by atoms with Crippen LogP contribution >= 0.6 is 0 Å². The molecule has 0 saturated carbocycles. The molecule has 23 heavy (non-hydrogen) atoms. The van der Waals surface area contributed by atoms with E-state index in [0.29, 0.717) is 18.6 Å². The fourth-order valence-electron chi connectivity index (χ4n) is 2.81. The summed E-state index contributed by atoms with van der Waals surface area (Å²) in [7, 11) is 1.86. The number of amides is 1. The van der Waals surface area contributed by atoms with Gasteiger partial charge < -0.3 is 18.8 Å². The van der Waals surface area contributed by atoms with Gasteiger partial charge in [-0.25, -0.2) is 0 Å². The predicted molar refractivity (Wildman–Crippen MR) is 94.6 cm³/mol. The molecule has 0 spiro atoms. The number of carbonyl (C=O) groups excluding carboxylic acids is 1. The Labute approximate surface area is 142 Å². The van der Waals surface area contributed by atoms with E-state index in [1.807, 2.05) is 13.8 Å². The van der Waals surface area contributed by atoms with Crippen LogP contribution in [0, 0.1) is 0 Å². The molecule has 0 aliphatic carbocycles. The minimum atomic E-state index is -1.61. The molecule has 0 unspecified atom stereocenters. The average molecular weight is 344 g/mol. The molecule has 1 rings (SSSR count). The Morgan fingerprint density at radius 1 is 1.26 bits per heavy atom. The van der Waals surface area contributed by atoms with Gasteiger partial charge >= 0.3 is 0 Å². The summed E-state index contributed by atoms with van der Waals surface area (Å²) in [4.78, 5) is 13.9. The molecule has 1 atom stereocenters. The summed E-state index contributed by atoms with van der Waals surface area (Å²) in [6.07, 6.45) is 1.94. The number of likely N-dealkylation sites (N-methyl/N-ethyl adjacent to an activating group) is 1. The van der Waals surface area contributed by atoms with E-state index < -0.39 is 14.1 Å². The van der Waals surface area contributed by atoms with Crippen LogP contribution < -0.4 is 0 Å². The van der Waals surface area contributed by atoms with Crippen LogP contribution in [0.3, 0.4) is 0 Å². The maximum Gasteiger partial charge on any atom is 0.255 e. The Morgan fingerprint density at radius 2 is 1.83 bits per heavy atom. The van der Waals surface area contributed by atoms with E-state index >= 15 is 0 Å². The van der Waals surface area contributed by atoms with Gasteiger partial charge in [0, 0.05) is 41.0 Å². The molecule has 1 amide bonds. The SMILES string of the molecule is CC[Si](CC)(CC)OCC[C@H]1OC(C)(C)OC=C1C(=O)N(C)C. The zero-order valence-electron chi connectivity index (χ0n) is 15.8. The number of carbonyl (C=O) groups is 1. The Hall–Kier alpha value is -0.853. The third-order valence-electron chi connectivity index (χ3n) is 4.62. The predicted octanol–water partition coefficient (Wildman–Crippen LogP) is 3.52. The molecule has 0 N–H and O–H groups in total. The summed E-state index contributed by atoms with van der Waals surface area (Å²) in [6, 6.07) is 3.37. The van der Waals surface area contributed by atoms with Crippen LogP contribution in [0.4, 0.5) is 0 Å². The first-order chi connectivity index (χ1) is 10.7. The van der Waals surface area contributed by atoms with Gasteiger partial charge in [0.15, 0.2) is 8.32 Å². The second-order valence-electron chi connectivity index (χ2n) is 6.78. The Balaban J connectivity index is 2.76. The topological polar surface area (TPSA) is 48.0 Å². The van der Waals surface area contributed by atoms with E-state index in [1.54, 1.807) is 25.3 Å². The van der Waals surface area contributed by atoms with E-state index in [4.69, 9.17) is 13.9 Å². The molecule has 134 valence electrons. The molecule has 6 heteroatoms. The molecule has 0 radical (unpaired) electrons. The standard InChI is InChI=1S/C17H33NO4Si/c1-8-23(9-2,10-3)21-12-11-15-14(16(19)18(6)7)13-20-17(4,5)22-15/h13,15H,8-12H2,1-7H3/t15-/m1/s1. The zero-order chi connectivity index (χ0) is 17.7. The lowest BCUT2D eigenvalue weighted by Gasteiger charge is -2.37. The fourth-order valence-corrected chi connectivity index (χ4v) is 5.48. The third kappa shape index (κ3) is 5.33. The molecule has 0 aromatic rings. The summed E-state index contributed by atoms with van der Waals surface area (Å²) < 4.78 is 17.8. The minimum absolute atomic E-state index is 0.0736. The number of hydrogen-bond acceptors (Lipinski definition) is 4. The largest absolute Gasteiger partial charge is 0.470 e. The summed E-state index contributed by atoms with van der Waals surface area (Å²) >= 11 is 0. The molecule has 1 heterocycles. The third-order valence-corrected chi connectivity index (χ3v) is 9.30. The van der Waals surface area contributed by atoms with Gasteiger partial charge in [0.1, 0.15) is 0 Å². The van der Waals surface area contributed by atoms with Gasteiger partial charge in [-0.2, -0.15) is 0 Å². The maximum absolute atomic E-state index is 12.3. The molecule has 0 aromatic heterocycles. The lowest BCUT2D eigenvalue weighted by molar-refractivity contribution is -0.219. The number of ether oxygens (including phenoxy) is 2. The van der Waals surface area contributed by atoms with Crippen molar-refractivity contribution >= 4 is 14.2 Å². The normalized spacial score (nSPS) is 20.7. The first-order valence-electron chi connectivity index (χ1n) is 8.61. The maximum atomic E-state index is 12.3. The van der Waals surface area contributed by atoms with Crippen LogP contribution in [0.15, 0.2) is 11.8 Å². The molecule has 1 aliphatic rings. The number of rotatable bonds is 8. The zero-order valence-corrected chi connectivity index (χ0v) is 16.8. The van der Waals surface area contributed by atoms with Crippen LogP contribution in [0.2, 0.25) is 18.1 Å². The molecule has 1 aliphatic heterocycles. The Morgan fingerprint density at radius 3 is 2.30 bits per heavy atom. The van der Waals surface area contributed by atoms with Crippen molar-refractivity contribution < 1.29 is 18.7 Å². The highest BCUT2D eigenvalue weighted by Gasteiger charge is 2.36. The van der Waals surface area contributed by atoms with Gasteiger partial charge in [-0.3, -0.25) is 4.79 Å². The van der Waals surface area contributed by atoms with Crippen molar-refractivity contribution in [2.45, 2.75) is 71.1 Å². The molecule has 0 aromatic carbocycles. The van der Waals surface area contributed by atoms with E-state index in [9.17, 15) is 4.79 Å². The summed E-state index contributed by atoms with van der Waals surface area (Å²) in [5, 5.41) is 0. The van der Waals surface area contributed by atoms with Gasteiger partial charge in [-0.05, 0) is 18.1 Å². The number of nitrogens with zero attached hydrogens (tertiary/aromatic N) is 1. The Kier molecular flexibility index (Phi) is 7.29. The van der Waals surface area contributed by atoms with Crippen molar-refractivity contribution in [2.75, 3.05) is 20.7 Å². The summed E-state index contributed by atoms with van der Waals surface area (Å²) in [6.45, 7) is 11.0. The van der Waals surface area contributed by atoms with Crippen LogP contribution in [0.25, 0.3) is 0 Å². The van der Waals surface area contributed by atoms with Gasteiger partial charge in [-0.1, -0.05) is 20.8 Å². The van der Waals surface area contributed by atoms with Crippen molar-refractivity contribution in [2.24, 2.45) is 0 Å². The highest BCUT2D eigenvalue weighted by Crippen LogP contribution is 2.29. The minimum Gasteiger partial charge on any atom is -0.470 e. The summed E-state index contributed by atoms with van der Waals surface area (Å²) in [5.41, 5.74) is 0.565. The fraction of sp³-hybridized carbons (Fsp3) is 0.824. The van der Waals surface area contributed by atoms with Crippen LogP contribution in [0.1, 0.15) is 41.0 Å². The first kappa shape index (κ1) is 20.2. The van der Waals surface area contributed by atoms with Crippen molar-refractivity contribution in [3.05, 3.63) is 11.8 Å². The van der Waals surface area contributed by atoms with Gasteiger partial charge in [0.05, 0.1) is 17.9 Å². The lowest BCUT2D eigenvalue weighted by atomic mass is 10.1. The Bertz CT molecular complexity index is 422. The lowest BCUT2D eigenvalue weighted by Crippen LogP contribution is -2.43. The molecular formula is C17H33NO4Si. The highest BCUT2D eigenvalue weighted by atomic mass is 28.4. The van der Waals surface area contributed by atoms with Crippen LogP contribution in [0.5, 0.6) is 0 Å². The quantitative estimate of drug-likeness (QED) is 0.633. The summed E-state index contributed by atoms with van der Waals surface area (Å²) in [5.74, 6) is -0.786. The molecular weight excluding hydrogens is 310 g/mol. The highest BCUT2D eigenvalue weighted by molar-refractivity contribution is 6.73. The van der Waals surface area contributed by atoms with E-state index in [2.05, 4.69) is 20.8 Å². The van der Waals surface area contributed by atoms with Crippen LogP contribution in [-0.4, -0.2) is 51.7 Å².